The van der Waals surface area contributed by atoms with Crippen LogP contribution in [0.3, 0.4) is 0 Å². The Kier molecular flexibility index (Phi) is 4.48. The summed E-state index contributed by atoms with van der Waals surface area (Å²) in [4.78, 5) is 0. The van der Waals surface area contributed by atoms with E-state index in [4.69, 9.17) is 0 Å². The zero-order valence-corrected chi connectivity index (χ0v) is 12.8. The Balaban J connectivity index is 2.45. The van der Waals surface area contributed by atoms with Crippen molar-refractivity contribution in [1.29, 1.82) is 0 Å². The molecular formula is C17H24N2O. The average molecular weight is 272 g/mol. The van der Waals surface area contributed by atoms with E-state index < -0.39 is 0 Å². The lowest BCUT2D eigenvalue weighted by Gasteiger charge is -2.08. The van der Waals surface area contributed by atoms with Crippen LogP contribution in [0.15, 0.2) is 24.3 Å². The monoisotopic (exact) mass is 272 g/mol. The SMILES string of the molecule is CCCn1nc(-c2ccc(C)cc2)c(O)c1CC(C)C. The lowest BCUT2D eigenvalue weighted by atomic mass is 10.0. The van der Waals surface area contributed by atoms with Gasteiger partial charge in [-0.1, -0.05) is 50.6 Å². The molecule has 0 saturated heterocycles. The van der Waals surface area contributed by atoms with E-state index in [9.17, 15) is 5.11 Å². The summed E-state index contributed by atoms with van der Waals surface area (Å²) in [6.07, 6.45) is 1.87. The fourth-order valence-corrected chi connectivity index (χ4v) is 2.38. The minimum absolute atomic E-state index is 0.344. The summed E-state index contributed by atoms with van der Waals surface area (Å²) in [6, 6.07) is 8.14. The Morgan fingerprint density at radius 2 is 1.85 bits per heavy atom. The van der Waals surface area contributed by atoms with Crippen LogP contribution in [-0.2, 0) is 13.0 Å². The second-order valence-corrected chi connectivity index (χ2v) is 5.83. The van der Waals surface area contributed by atoms with E-state index in [-0.39, 0.29) is 0 Å². The molecule has 0 aliphatic carbocycles. The van der Waals surface area contributed by atoms with Crippen LogP contribution in [-0.4, -0.2) is 14.9 Å². The summed E-state index contributed by atoms with van der Waals surface area (Å²) < 4.78 is 1.96. The number of hydrogen-bond donors (Lipinski definition) is 1. The van der Waals surface area contributed by atoms with Gasteiger partial charge < -0.3 is 5.11 Å². The van der Waals surface area contributed by atoms with Gasteiger partial charge in [-0.3, -0.25) is 4.68 Å². The highest BCUT2D eigenvalue weighted by molar-refractivity contribution is 5.67. The highest BCUT2D eigenvalue weighted by Gasteiger charge is 2.18. The molecule has 0 aliphatic rings. The maximum Gasteiger partial charge on any atom is 0.164 e. The summed E-state index contributed by atoms with van der Waals surface area (Å²) in [5, 5.41) is 15.1. The Bertz CT molecular complexity index is 567. The summed E-state index contributed by atoms with van der Waals surface area (Å²) in [7, 11) is 0. The third-order valence-electron chi connectivity index (χ3n) is 3.39. The number of aromatic nitrogens is 2. The molecule has 0 aliphatic heterocycles. The van der Waals surface area contributed by atoms with Crippen LogP contribution in [0.4, 0.5) is 0 Å². The van der Waals surface area contributed by atoms with Crippen molar-refractivity contribution < 1.29 is 5.11 Å². The fourth-order valence-electron chi connectivity index (χ4n) is 2.38. The van der Waals surface area contributed by atoms with Crippen LogP contribution in [0.2, 0.25) is 0 Å². The molecule has 20 heavy (non-hydrogen) atoms. The maximum atomic E-state index is 10.5. The predicted octanol–water partition coefficient (Wildman–Crippen LogP) is 4.17. The molecule has 3 nitrogen and oxygen atoms in total. The molecule has 0 saturated carbocycles. The quantitative estimate of drug-likeness (QED) is 0.887. The molecule has 2 rings (SSSR count). The molecule has 3 heteroatoms. The molecular weight excluding hydrogens is 248 g/mol. The van der Waals surface area contributed by atoms with E-state index in [0.717, 1.165) is 30.6 Å². The maximum absolute atomic E-state index is 10.5. The Labute approximate surface area is 121 Å². The standard InChI is InChI=1S/C17H24N2O/c1-5-10-19-15(11-12(2)3)17(20)16(18-19)14-8-6-13(4)7-9-14/h6-9,12,20H,5,10-11H2,1-4H3. The molecule has 1 heterocycles. The second kappa shape index (κ2) is 6.12. The van der Waals surface area contributed by atoms with Crippen molar-refractivity contribution in [2.24, 2.45) is 5.92 Å². The van der Waals surface area contributed by atoms with E-state index in [2.05, 4.69) is 44.9 Å². The van der Waals surface area contributed by atoms with Gasteiger partial charge in [-0.05, 0) is 25.7 Å². The molecule has 0 fully saturated rings. The number of aryl methyl sites for hydroxylation is 2. The van der Waals surface area contributed by atoms with E-state index in [1.165, 1.54) is 5.56 Å². The van der Waals surface area contributed by atoms with Crippen molar-refractivity contribution in [3.05, 3.63) is 35.5 Å². The van der Waals surface area contributed by atoms with Crippen molar-refractivity contribution in [3.63, 3.8) is 0 Å². The molecule has 0 atom stereocenters. The van der Waals surface area contributed by atoms with Crippen LogP contribution in [0, 0.1) is 12.8 Å². The first-order valence-corrected chi connectivity index (χ1v) is 7.38. The lowest BCUT2D eigenvalue weighted by Crippen LogP contribution is -2.07. The topological polar surface area (TPSA) is 38.0 Å². The molecule has 0 bridgehead atoms. The summed E-state index contributed by atoms with van der Waals surface area (Å²) in [5.74, 6) is 0.843. The zero-order chi connectivity index (χ0) is 14.7. The van der Waals surface area contributed by atoms with Gasteiger partial charge in [0.05, 0.1) is 5.69 Å². The smallest absolute Gasteiger partial charge is 0.164 e. The molecule has 1 N–H and O–H groups in total. The Morgan fingerprint density at radius 1 is 1.20 bits per heavy atom. The molecule has 108 valence electrons. The second-order valence-electron chi connectivity index (χ2n) is 5.83. The zero-order valence-electron chi connectivity index (χ0n) is 12.8. The summed E-state index contributed by atoms with van der Waals surface area (Å²) in [5.41, 5.74) is 3.85. The van der Waals surface area contributed by atoms with E-state index in [1.807, 2.05) is 16.8 Å². The third-order valence-corrected chi connectivity index (χ3v) is 3.39. The molecule has 1 aromatic carbocycles. The van der Waals surface area contributed by atoms with Crippen molar-refractivity contribution in [2.45, 2.75) is 47.1 Å². The van der Waals surface area contributed by atoms with Gasteiger partial charge in [0.15, 0.2) is 5.75 Å². The van der Waals surface area contributed by atoms with E-state index >= 15 is 0 Å². The molecule has 0 radical (unpaired) electrons. The van der Waals surface area contributed by atoms with Gasteiger partial charge in [0.1, 0.15) is 5.69 Å². The number of hydrogen-bond acceptors (Lipinski definition) is 2. The highest BCUT2D eigenvalue weighted by Crippen LogP contribution is 2.33. The van der Waals surface area contributed by atoms with Gasteiger partial charge in [0.2, 0.25) is 0 Å². The Hall–Kier alpha value is -1.77. The molecule has 0 spiro atoms. The van der Waals surface area contributed by atoms with Gasteiger partial charge in [-0.15, -0.1) is 0 Å². The fraction of sp³-hybridized carbons (Fsp3) is 0.471. The molecule has 2 aromatic rings. The third kappa shape index (κ3) is 3.03. The Morgan fingerprint density at radius 3 is 2.40 bits per heavy atom. The number of rotatable bonds is 5. The van der Waals surface area contributed by atoms with Crippen LogP contribution in [0.25, 0.3) is 11.3 Å². The van der Waals surface area contributed by atoms with Gasteiger partial charge in [-0.2, -0.15) is 5.10 Å². The highest BCUT2D eigenvalue weighted by atomic mass is 16.3. The summed E-state index contributed by atoms with van der Waals surface area (Å²) >= 11 is 0. The molecule has 0 amide bonds. The predicted molar refractivity (Wildman–Crippen MR) is 82.9 cm³/mol. The van der Waals surface area contributed by atoms with Gasteiger partial charge in [0.25, 0.3) is 0 Å². The first-order chi connectivity index (χ1) is 9.52. The first-order valence-electron chi connectivity index (χ1n) is 7.38. The minimum atomic E-state index is 0.344. The van der Waals surface area contributed by atoms with Crippen LogP contribution < -0.4 is 0 Å². The van der Waals surface area contributed by atoms with Gasteiger partial charge >= 0.3 is 0 Å². The van der Waals surface area contributed by atoms with Crippen LogP contribution >= 0.6 is 0 Å². The van der Waals surface area contributed by atoms with Gasteiger partial charge in [0, 0.05) is 12.1 Å². The number of nitrogens with zero attached hydrogens (tertiary/aromatic N) is 2. The van der Waals surface area contributed by atoms with Crippen molar-refractivity contribution >= 4 is 0 Å². The average Bonchev–Trinajstić information content (AvgIpc) is 2.69. The normalized spacial score (nSPS) is 11.2. The lowest BCUT2D eigenvalue weighted by molar-refractivity contribution is 0.453. The van der Waals surface area contributed by atoms with Crippen LogP contribution in [0.1, 0.15) is 38.4 Å². The summed E-state index contributed by atoms with van der Waals surface area (Å²) in [6.45, 7) is 9.36. The van der Waals surface area contributed by atoms with Crippen molar-refractivity contribution in [2.75, 3.05) is 0 Å². The van der Waals surface area contributed by atoms with Gasteiger partial charge in [-0.25, -0.2) is 0 Å². The van der Waals surface area contributed by atoms with Crippen LogP contribution in [0.5, 0.6) is 5.75 Å². The minimum Gasteiger partial charge on any atom is -0.504 e. The van der Waals surface area contributed by atoms with Crippen molar-refractivity contribution in [3.8, 4) is 17.0 Å². The largest absolute Gasteiger partial charge is 0.504 e. The molecule has 1 aromatic heterocycles. The van der Waals surface area contributed by atoms with E-state index in [1.54, 1.807) is 0 Å². The number of benzene rings is 1. The van der Waals surface area contributed by atoms with Crippen molar-refractivity contribution in [1.82, 2.24) is 9.78 Å². The number of aromatic hydroxyl groups is 1. The van der Waals surface area contributed by atoms with E-state index in [0.29, 0.717) is 17.4 Å². The first kappa shape index (κ1) is 14.6. The molecule has 0 unspecified atom stereocenters.